The van der Waals surface area contributed by atoms with Crippen LogP contribution in [-0.2, 0) is 0 Å². The molecule has 0 unspecified atom stereocenters. The monoisotopic (exact) mass is 180 g/mol. The van der Waals surface area contributed by atoms with Crippen LogP contribution < -0.4 is 10.6 Å². The molecule has 0 saturated carbocycles. The zero-order chi connectivity index (χ0) is 9.52. The van der Waals surface area contributed by atoms with E-state index >= 15 is 0 Å². The Labute approximate surface area is 78.8 Å². The Morgan fingerprint density at radius 1 is 1.31 bits per heavy atom. The number of rotatable bonds is 5. The number of hydrogen-bond acceptors (Lipinski definition) is 4. The predicted octanol–water partition coefficient (Wildman–Crippen LogP) is 1.73. The van der Waals surface area contributed by atoms with E-state index in [9.17, 15) is 0 Å². The van der Waals surface area contributed by atoms with Gasteiger partial charge in [-0.3, -0.25) is 4.98 Å². The predicted molar refractivity (Wildman–Crippen MR) is 55.0 cm³/mol. The van der Waals surface area contributed by atoms with Crippen molar-refractivity contribution in [2.45, 2.75) is 19.8 Å². The number of aromatic nitrogens is 2. The summed E-state index contributed by atoms with van der Waals surface area (Å²) in [7, 11) is 1.83. The highest BCUT2D eigenvalue weighted by molar-refractivity contribution is 5.40. The van der Waals surface area contributed by atoms with Gasteiger partial charge >= 0.3 is 0 Å². The average molecular weight is 180 g/mol. The fourth-order valence-electron chi connectivity index (χ4n) is 0.965. The van der Waals surface area contributed by atoms with Crippen molar-refractivity contribution < 1.29 is 0 Å². The first-order valence-electron chi connectivity index (χ1n) is 4.60. The van der Waals surface area contributed by atoms with Crippen LogP contribution in [0.1, 0.15) is 19.8 Å². The van der Waals surface area contributed by atoms with E-state index in [1.54, 1.807) is 12.4 Å². The van der Waals surface area contributed by atoms with E-state index in [1.165, 1.54) is 6.42 Å². The Balaban J connectivity index is 2.46. The van der Waals surface area contributed by atoms with Gasteiger partial charge in [-0.1, -0.05) is 13.3 Å². The van der Waals surface area contributed by atoms with Gasteiger partial charge in [0.15, 0.2) is 0 Å². The third kappa shape index (κ3) is 3.27. The maximum absolute atomic E-state index is 4.28. The van der Waals surface area contributed by atoms with Crippen molar-refractivity contribution in [2.75, 3.05) is 24.2 Å². The molecule has 0 bridgehead atoms. The number of nitrogens with zero attached hydrogens (tertiary/aromatic N) is 2. The summed E-state index contributed by atoms with van der Waals surface area (Å²) in [6, 6.07) is 0. The lowest BCUT2D eigenvalue weighted by molar-refractivity contribution is 0.830. The van der Waals surface area contributed by atoms with Gasteiger partial charge < -0.3 is 10.6 Å². The van der Waals surface area contributed by atoms with Crippen LogP contribution >= 0.6 is 0 Å². The minimum Gasteiger partial charge on any atom is -0.372 e. The lowest BCUT2D eigenvalue weighted by Crippen LogP contribution is -2.04. The van der Waals surface area contributed by atoms with Crippen molar-refractivity contribution in [3.63, 3.8) is 0 Å². The van der Waals surface area contributed by atoms with Crippen molar-refractivity contribution in [3.8, 4) is 0 Å². The van der Waals surface area contributed by atoms with E-state index < -0.39 is 0 Å². The molecule has 2 N–H and O–H groups in total. The summed E-state index contributed by atoms with van der Waals surface area (Å²) < 4.78 is 0. The number of hydrogen-bond donors (Lipinski definition) is 2. The van der Waals surface area contributed by atoms with Crippen LogP contribution in [0.15, 0.2) is 12.4 Å². The minimum atomic E-state index is 0.793. The zero-order valence-electron chi connectivity index (χ0n) is 8.17. The van der Waals surface area contributed by atoms with Crippen LogP contribution in [0.5, 0.6) is 0 Å². The molecule has 0 aromatic carbocycles. The second kappa shape index (κ2) is 5.35. The van der Waals surface area contributed by atoms with Crippen LogP contribution in [0.4, 0.5) is 11.6 Å². The smallest absolute Gasteiger partial charge is 0.146 e. The lowest BCUT2D eigenvalue weighted by Gasteiger charge is -2.05. The van der Waals surface area contributed by atoms with Crippen LogP contribution in [0.2, 0.25) is 0 Å². The Hall–Kier alpha value is -1.32. The molecule has 4 nitrogen and oxygen atoms in total. The minimum absolute atomic E-state index is 0.793. The van der Waals surface area contributed by atoms with Crippen LogP contribution in [0.3, 0.4) is 0 Å². The Bertz CT molecular complexity index is 249. The Kier molecular flexibility index (Phi) is 4.02. The number of nitrogens with one attached hydrogen (secondary N) is 2. The van der Waals surface area contributed by atoms with Crippen molar-refractivity contribution in [2.24, 2.45) is 0 Å². The topological polar surface area (TPSA) is 49.8 Å². The van der Waals surface area contributed by atoms with Gasteiger partial charge in [0.05, 0.1) is 12.4 Å². The van der Waals surface area contributed by atoms with E-state index in [4.69, 9.17) is 0 Å². The molecule has 0 aliphatic carbocycles. The molecule has 0 saturated heterocycles. The highest BCUT2D eigenvalue weighted by atomic mass is 15.1. The van der Waals surface area contributed by atoms with Gasteiger partial charge in [-0.05, 0) is 6.42 Å². The lowest BCUT2D eigenvalue weighted by atomic mass is 10.3. The van der Waals surface area contributed by atoms with Gasteiger partial charge in [-0.2, -0.15) is 0 Å². The molecular weight excluding hydrogens is 164 g/mol. The summed E-state index contributed by atoms with van der Waals surface area (Å²) in [6.07, 6.45) is 5.78. The molecule has 13 heavy (non-hydrogen) atoms. The highest BCUT2D eigenvalue weighted by Gasteiger charge is 1.94. The van der Waals surface area contributed by atoms with Crippen molar-refractivity contribution in [3.05, 3.63) is 12.4 Å². The molecule has 0 amide bonds. The van der Waals surface area contributed by atoms with Crippen molar-refractivity contribution in [1.29, 1.82) is 0 Å². The molecule has 0 aliphatic rings. The van der Waals surface area contributed by atoms with E-state index in [0.717, 1.165) is 24.6 Å². The summed E-state index contributed by atoms with van der Waals surface area (Å²) in [6.45, 7) is 3.12. The van der Waals surface area contributed by atoms with E-state index in [1.807, 2.05) is 7.05 Å². The molecule has 1 rings (SSSR count). The fourth-order valence-corrected chi connectivity index (χ4v) is 0.965. The maximum Gasteiger partial charge on any atom is 0.146 e. The van der Waals surface area contributed by atoms with E-state index in [2.05, 4.69) is 27.5 Å². The SMILES string of the molecule is CCCCNc1cncc(NC)n1. The summed E-state index contributed by atoms with van der Waals surface area (Å²) in [5, 5.41) is 6.15. The van der Waals surface area contributed by atoms with E-state index in [0.29, 0.717) is 0 Å². The summed E-state index contributed by atoms with van der Waals surface area (Å²) in [4.78, 5) is 8.33. The number of unbranched alkanes of at least 4 members (excludes halogenated alkanes) is 1. The van der Waals surface area contributed by atoms with Crippen molar-refractivity contribution >= 4 is 11.6 Å². The second-order valence-corrected chi connectivity index (χ2v) is 2.82. The third-order valence-electron chi connectivity index (χ3n) is 1.73. The first-order valence-corrected chi connectivity index (χ1v) is 4.60. The summed E-state index contributed by atoms with van der Waals surface area (Å²) in [5.74, 6) is 1.63. The molecule has 4 heteroatoms. The Morgan fingerprint density at radius 2 is 2.08 bits per heavy atom. The molecular formula is C9H16N4. The molecule has 0 radical (unpaired) electrons. The van der Waals surface area contributed by atoms with Crippen LogP contribution in [0, 0.1) is 0 Å². The zero-order valence-corrected chi connectivity index (χ0v) is 8.17. The molecule has 1 aromatic heterocycles. The largest absolute Gasteiger partial charge is 0.372 e. The molecule has 1 aromatic rings. The molecule has 0 atom stereocenters. The van der Waals surface area contributed by atoms with Gasteiger partial charge in [0, 0.05) is 13.6 Å². The maximum atomic E-state index is 4.28. The van der Waals surface area contributed by atoms with Gasteiger partial charge in [0.25, 0.3) is 0 Å². The van der Waals surface area contributed by atoms with Crippen LogP contribution in [0.25, 0.3) is 0 Å². The average Bonchev–Trinajstić information content (AvgIpc) is 2.19. The Morgan fingerprint density at radius 3 is 2.77 bits per heavy atom. The van der Waals surface area contributed by atoms with Crippen LogP contribution in [-0.4, -0.2) is 23.6 Å². The first-order chi connectivity index (χ1) is 6.36. The number of anilines is 2. The highest BCUT2D eigenvalue weighted by Crippen LogP contribution is 2.05. The molecule has 1 heterocycles. The second-order valence-electron chi connectivity index (χ2n) is 2.82. The summed E-state index contributed by atoms with van der Waals surface area (Å²) in [5.41, 5.74) is 0. The van der Waals surface area contributed by atoms with Gasteiger partial charge in [0.2, 0.25) is 0 Å². The third-order valence-corrected chi connectivity index (χ3v) is 1.73. The van der Waals surface area contributed by atoms with Gasteiger partial charge in [-0.25, -0.2) is 4.98 Å². The molecule has 0 spiro atoms. The molecule has 0 aliphatic heterocycles. The van der Waals surface area contributed by atoms with Gasteiger partial charge in [0.1, 0.15) is 11.6 Å². The quantitative estimate of drug-likeness (QED) is 0.677. The van der Waals surface area contributed by atoms with E-state index in [-0.39, 0.29) is 0 Å². The van der Waals surface area contributed by atoms with Gasteiger partial charge in [-0.15, -0.1) is 0 Å². The summed E-state index contributed by atoms with van der Waals surface area (Å²) >= 11 is 0. The van der Waals surface area contributed by atoms with Crippen molar-refractivity contribution in [1.82, 2.24) is 9.97 Å². The standard InChI is InChI=1S/C9H16N4/c1-3-4-5-12-9-7-11-6-8(10-2)13-9/h6-7H,3-5H2,1-2H3,(H2,10,12,13). The molecule has 72 valence electrons. The fraction of sp³-hybridized carbons (Fsp3) is 0.556. The first kappa shape index (κ1) is 9.77. The molecule has 0 fully saturated rings. The normalized spacial score (nSPS) is 9.69.